The summed E-state index contributed by atoms with van der Waals surface area (Å²) in [6.07, 6.45) is 0.0559. The number of anilines is 1. The average molecular weight is 408 g/mol. The quantitative estimate of drug-likeness (QED) is 0.718. The molecular weight excluding hydrogens is 387 g/mol. The molecule has 0 aliphatic carbocycles. The summed E-state index contributed by atoms with van der Waals surface area (Å²) >= 11 is 0. The molecule has 0 radical (unpaired) electrons. The van der Waals surface area contributed by atoms with Crippen LogP contribution in [0.15, 0.2) is 47.3 Å². The Balaban J connectivity index is 1.48. The van der Waals surface area contributed by atoms with Crippen LogP contribution in [-0.2, 0) is 16.1 Å². The summed E-state index contributed by atoms with van der Waals surface area (Å²) in [4.78, 5) is 47.5. The van der Waals surface area contributed by atoms with Crippen molar-refractivity contribution < 1.29 is 14.0 Å². The summed E-state index contributed by atoms with van der Waals surface area (Å²) in [6.45, 7) is 1.95. The number of hydrogen-bond donors (Lipinski definition) is 1. The lowest BCUT2D eigenvalue weighted by molar-refractivity contribution is -0.135. The number of benzene rings is 2. The number of amides is 2. The third kappa shape index (κ3) is 3.68. The van der Waals surface area contributed by atoms with Crippen LogP contribution in [0.25, 0.3) is 10.9 Å². The number of fused-ring (bicyclic) bond motifs is 1. The zero-order valence-electron chi connectivity index (χ0n) is 16.7. The standard InChI is InChI=1S/C22H21FN4O3/c1-13-7-8-15(10-17(13)23)27-11-14(9-20(27)28)22(30)26(2)12-19-24-18-6-4-3-5-16(18)21(29)25-19/h3-8,10,14H,9,11-12H2,1-2H3,(H,24,25,29). The van der Waals surface area contributed by atoms with Crippen LogP contribution < -0.4 is 10.5 Å². The number of carbonyl (C=O) groups excluding carboxylic acids is 2. The third-order valence-electron chi connectivity index (χ3n) is 5.37. The first kappa shape index (κ1) is 19.8. The molecule has 3 aromatic rings. The third-order valence-corrected chi connectivity index (χ3v) is 5.37. The summed E-state index contributed by atoms with van der Waals surface area (Å²) in [7, 11) is 1.61. The van der Waals surface area contributed by atoms with Gasteiger partial charge in [-0.15, -0.1) is 0 Å². The summed E-state index contributed by atoms with van der Waals surface area (Å²) in [5, 5.41) is 0.484. The van der Waals surface area contributed by atoms with E-state index in [0.717, 1.165) is 0 Å². The predicted molar refractivity (Wildman–Crippen MR) is 110 cm³/mol. The van der Waals surface area contributed by atoms with Crippen molar-refractivity contribution in [2.75, 3.05) is 18.5 Å². The summed E-state index contributed by atoms with van der Waals surface area (Å²) in [5.41, 5.74) is 1.23. The molecule has 1 atom stereocenters. The van der Waals surface area contributed by atoms with E-state index in [4.69, 9.17) is 0 Å². The molecule has 1 N–H and O–H groups in total. The van der Waals surface area contributed by atoms with Crippen molar-refractivity contribution >= 4 is 28.4 Å². The van der Waals surface area contributed by atoms with Crippen LogP contribution in [0, 0.1) is 18.7 Å². The van der Waals surface area contributed by atoms with Gasteiger partial charge in [-0.1, -0.05) is 18.2 Å². The van der Waals surface area contributed by atoms with Crippen LogP contribution in [0.1, 0.15) is 17.8 Å². The van der Waals surface area contributed by atoms with Gasteiger partial charge < -0.3 is 14.8 Å². The molecule has 0 bridgehead atoms. The topological polar surface area (TPSA) is 86.4 Å². The first-order valence-electron chi connectivity index (χ1n) is 9.63. The van der Waals surface area contributed by atoms with E-state index in [9.17, 15) is 18.8 Å². The van der Waals surface area contributed by atoms with E-state index >= 15 is 0 Å². The monoisotopic (exact) mass is 408 g/mol. The Kier molecular flexibility index (Phi) is 5.07. The number of nitrogens with zero attached hydrogens (tertiary/aromatic N) is 3. The fourth-order valence-corrected chi connectivity index (χ4v) is 3.70. The number of aromatic amines is 1. The lowest BCUT2D eigenvalue weighted by Crippen LogP contribution is -2.35. The van der Waals surface area contributed by atoms with Crippen LogP contribution in [0.3, 0.4) is 0 Å². The van der Waals surface area contributed by atoms with Crippen molar-refractivity contribution in [1.82, 2.24) is 14.9 Å². The Labute approximate surface area is 172 Å². The molecule has 0 saturated carbocycles. The number of para-hydroxylation sites is 1. The number of H-pyrrole nitrogens is 1. The molecule has 1 aliphatic heterocycles. The Morgan fingerprint density at radius 2 is 2.03 bits per heavy atom. The van der Waals surface area contributed by atoms with Crippen molar-refractivity contribution in [3.05, 3.63) is 70.0 Å². The van der Waals surface area contributed by atoms with Crippen LogP contribution in [0.2, 0.25) is 0 Å². The Hall–Kier alpha value is -3.55. The number of halogens is 1. The zero-order valence-corrected chi connectivity index (χ0v) is 16.7. The van der Waals surface area contributed by atoms with Gasteiger partial charge in [-0.25, -0.2) is 9.37 Å². The van der Waals surface area contributed by atoms with E-state index in [2.05, 4.69) is 9.97 Å². The highest BCUT2D eigenvalue weighted by atomic mass is 19.1. The fraction of sp³-hybridized carbons (Fsp3) is 0.273. The molecule has 1 aliphatic rings. The van der Waals surface area contributed by atoms with Gasteiger partial charge in [0.05, 0.1) is 23.4 Å². The highest BCUT2D eigenvalue weighted by Gasteiger charge is 2.36. The van der Waals surface area contributed by atoms with Crippen LogP contribution in [-0.4, -0.2) is 40.3 Å². The Morgan fingerprint density at radius 3 is 2.80 bits per heavy atom. The van der Waals surface area contributed by atoms with Gasteiger partial charge in [-0.2, -0.15) is 0 Å². The van der Waals surface area contributed by atoms with Gasteiger partial charge in [-0.3, -0.25) is 14.4 Å². The molecule has 1 unspecified atom stereocenters. The van der Waals surface area contributed by atoms with Gasteiger partial charge in [0.15, 0.2) is 0 Å². The van der Waals surface area contributed by atoms with Crippen molar-refractivity contribution in [2.24, 2.45) is 5.92 Å². The molecular formula is C22H21FN4O3. The SMILES string of the molecule is Cc1ccc(N2CC(C(=O)N(C)Cc3nc4ccccc4c(=O)[nH]3)CC2=O)cc1F. The molecule has 0 spiro atoms. The maximum atomic E-state index is 13.9. The molecule has 1 fully saturated rings. The first-order chi connectivity index (χ1) is 14.3. The van der Waals surface area contributed by atoms with Gasteiger partial charge >= 0.3 is 0 Å². The number of rotatable bonds is 4. The molecule has 2 aromatic carbocycles. The second-order valence-corrected chi connectivity index (χ2v) is 7.56. The molecule has 4 rings (SSSR count). The van der Waals surface area contributed by atoms with E-state index in [1.807, 2.05) is 0 Å². The molecule has 1 aromatic heterocycles. The molecule has 8 heteroatoms. The smallest absolute Gasteiger partial charge is 0.258 e. The normalized spacial score (nSPS) is 16.3. The van der Waals surface area contributed by atoms with E-state index < -0.39 is 11.7 Å². The summed E-state index contributed by atoms with van der Waals surface area (Å²) in [5.74, 6) is -1.01. The largest absolute Gasteiger partial charge is 0.338 e. The van der Waals surface area contributed by atoms with Gasteiger partial charge in [0.25, 0.3) is 5.56 Å². The van der Waals surface area contributed by atoms with Crippen LogP contribution in [0.5, 0.6) is 0 Å². The maximum absolute atomic E-state index is 13.9. The number of aromatic nitrogens is 2. The minimum Gasteiger partial charge on any atom is -0.338 e. The van der Waals surface area contributed by atoms with Gasteiger partial charge in [0.2, 0.25) is 11.8 Å². The summed E-state index contributed by atoms with van der Waals surface area (Å²) in [6, 6.07) is 11.6. The van der Waals surface area contributed by atoms with E-state index in [1.165, 1.54) is 15.9 Å². The summed E-state index contributed by atoms with van der Waals surface area (Å²) < 4.78 is 13.9. The molecule has 154 valence electrons. The molecule has 30 heavy (non-hydrogen) atoms. The maximum Gasteiger partial charge on any atom is 0.258 e. The molecule has 1 saturated heterocycles. The number of nitrogens with one attached hydrogen (secondary N) is 1. The van der Waals surface area contributed by atoms with E-state index in [0.29, 0.717) is 28.0 Å². The zero-order chi connectivity index (χ0) is 21.4. The number of carbonyl (C=O) groups is 2. The Bertz CT molecular complexity index is 1210. The van der Waals surface area contributed by atoms with Gasteiger partial charge in [0.1, 0.15) is 11.6 Å². The minimum absolute atomic E-state index is 0.0559. The van der Waals surface area contributed by atoms with Crippen molar-refractivity contribution in [3.8, 4) is 0 Å². The van der Waals surface area contributed by atoms with Crippen LogP contribution in [0.4, 0.5) is 10.1 Å². The minimum atomic E-state index is -0.543. The lowest BCUT2D eigenvalue weighted by atomic mass is 10.1. The van der Waals surface area contributed by atoms with E-state index in [-0.39, 0.29) is 36.9 Å². The Morgan fingerprint density at radius 1 is 1.27 bits per heavy atom. The first-order valence-corrected chi connectivity index (χ1v) is 9.63. The lowest BCUT2D eigenvalue weighted by Gasteiger charge is -2.21. The van der Waals surface area contributed by atoms with Gasteiger partial charge in [0, 0.05) is 25.7 Å². The molecule has 7 nitrogen and oxygen atoms in total. The fourth-order valence-electron chi connectivity index (χ4n) is 3.70. The number of aryl methyl sites for hydroxylation is 1. The van der Waals surface area contributed by atoms with Crippen LogP contribution >= 0.6 is 0 Å². The highest BCUT2D eigenvalue weighted by Crippen LogP contribution is 2.27. The molecule has 2 heterocycles. The van der Waals surface area contributed by atoms with E-state index in [1.54, 1.807) is 50.4 Å². The average Bonchev–Trinajstić information content (AvgIpc) is 3.11. The highest BCUT2D eigenvalue weighted by molar-refractivity contribution is 6.00. The predicted octanol–water partition coefficient (Wildman–Crippen LogP) is 2.38. The second-order valence-electron chi connectivity index (χ2n) is 7.56. The molecule has 2 amide bonds. The van der Waals surface area contributed by atoms with Crippen molar-refractivity contribution in [1.29, 1.82) is 0 Å². The second kappa shape index (κ2) is 7.70. The van der Waals surface area contributed by atoms with Gasteiger partial charge in [-0.05, 0) is 36.8 Å². The number of hydrogen-bond acceptors (Lipinski definition) is 4. The van der Waals surface area contributed by atoms with Crippen molar-refractivity contribution in [3.63, 3.8) is 0 Å². The van der Waals surface area contributed by atoms with Crippen molar-refractivity contribution in [2.45, 2.75) is 19.9 Å².